The number of alkyl halides is 1. The van der Waals surface area contributed by atoms with Gasteiger partial charge in [0, 0.05) is 32.2 Å². The average molecular weight is 635 g/mol. The minimum absolute atomic E-state index is 0.0524. The molecule has 1 unspecified atom stereocenters. The van der Waals surface area contributed by atoms with Crippen molar-refractivity contribution in [2.45, 2.75) is 76.5 Å². The van der Waals surface area contributed by atoms with Gasteiger partial charge in [0.1, 0.15) is 23.0 Å². The summed E-state index contributed by atoms with van der Waals surface area (Å²) in [5.74, 6) is 0.841. The molecule has 0 saturated carbocycles. The first-order valence-corrected chi connectivity index (χ1v) is 18.6. The van der Waals surface area contributed by atoms with Crippen LogP contribution in [0.25, 0.3) is 11.0 Å². The van der Waals surface area contributed by atoms with Crippen molar-refractivity contribution in [2.75, 3.05) is 19.7 Å². The summed E-state index contributed by atoms with van der Waals surface area (Å²) in [5.41, 5.74) is 2.37. The Kier molecular flexibility index (Phi) is 9.21. The molecule has 3 aromatic rings. The van der Waals surface area contributed by atoms with Crippen LogP contribution in [0, 0.1) is 5.92 Å². The fraction of sp³-hybridized carbons (Fsp3) is 0.533. The van der Waals surface area contributed by atoms with E-state index >= 15 is 0 Å². The molecule has 1 saturated heterocycles. The Hall–Kier alpha value is -1.87. The molecular weight excluding hydrogens is 594 g/mol. The van der Waals surface area contributed by atoms with Gasteiger partial charge >= 0.3 is 6.09 Å². The van der Waals surface area contributed by atoms with E-state index in [1.807, 2.05) is 51.1 Å². The molecule has 9 heteroatoms. The van der Waals surface area contributed by atoms with E-state index in [0.717, 1.165) is 45.8 Å². The smallest absolute Gasteiger partial charge is 0.410 e. The number of aromatic nitrogens is 2. The number of piperidine rings is 1. The van der Waals surface area contributed by atoms with Crippen LogP contribution in [-0.2, 0) is 21.1 Å². The lowest BCUT2D eigenvalue weighted by atomic mass is 9.78. The lowest BCUT2D eigenvalue weighted by Crippen LogP contribution is -2.46. The van der Waals surface area contributed by atoms with Gasteiger partial charge in [0.25, 0.3) is 0 Å². The number of carbonyl (C=O) groups is 1. The molecule has 1 aliphatic rings. The third-order valence-electron chi connectivity index (χ3n) is 7.17. The van der Waals surface area contributed by atoms with Crippen molar-refractivity contribution < 1.29 is 14.3 Å². The minimum Gasteiger partial charge on any atom is -0.444 e. The number of fused-ring (bicyclic) bond motifs is 1. The predicted octanol–water partition coefficient (Wildman–Crippen LogP) is 8.24. The Morgan fingerprint density at radius 3 is 2.33 bits per heavy atom. The molecule has 0 N–H and O–H groups in total. The van der Waals surface area contributed by atoms with E-state index in [-0.39, 0.29) is 12.0 Å². The van der Waals surface area contributed by atoms with Gasteiger partial charge in [0.05, 0.1) is 11.0 Å². The quantitative estimate of drug-likeness (QED) is 0.142. The SMILES string of the molecule is CC(C)(C)OC(=O)N1CCC(C(Cl)(c2ccc(Br)cc2)c2nc3ccccc3n2COCC[Si](C)(C)C)CC1. The molecule has 0 radical (unpaired) electrons. The van der Waals surface area contributed by atoms with Crippen LogP contribution in [0.3, 0.4) is 0 Å². The maximum absolute atomic E-state index is 12.8. The van der Waals surface area contributed by atoms with Crippen LogP contribution < -0.4 is 0 Å². The first-order chi connectivity index (χ1) is 18.3. The maximum Gasteiger partial charge on any atom is 0.410 e. The molecule has 2 aromatic carbocycles. The van der Waals surface area contributed by atoms with E-state index < -0.39 is 18.5 Å². The third kappa shape index (κ3) is 7.26. The highest BCUT2D eigenvalue weighted by Crippen LogP contribution is 2.48. The molecule has 6 nitrogen and oxygen atoms in total. The first kappa shape index (κ1) is 30.1. The number of carbonyl (C=O) groups excluding carboxylic acids is 1. The topological polar surface area (TPSA) is 56.6 Å². The molecule has 4 rings (SSSR count). The number of benzene rings is 2. The number of hydrogen-bond acceptors (Lipinski definition) is 4. The predicted molar refractivity (Wildman–Crippen MR) is 165 cm³/mol. The van der Waals surface area contributed by atoms with E-state index in [9.17, 15) is 4.79 Å². The maximum atomic E-state index is 12.8. The van der Waals surface area contributed by atoms with Gasteiger partial charge in [-0.1, -0.05) is 59.8 Å². The summed E-state index contributed by atoms with van der Waals surface area (Å²) >= 11 is 11.4. The van der Waals surface area contributed by atoms with Crippen LogP contribution >= 0.6 is 27.5 Å². The standard InChI is InChI=1S/C30H41BrClN3O3Si/c1-29(2,3)38-28(36)34-17-15-23(16-18-34)30(32,22-11-13-24(31)14-12-22)27-33-25-9-7-8-10-26(25)35(27)21-37-19-20-39(4,5)6/h7-14,23H,15-21H2,1-6H3. The van der Waals surface area contributed by atoms with Crippen molar-refractivity contribution in [2.24, 2.45) is 5.92 Å². The Bertz CT molecular complexity index is 1280. The normalized spacial score (nSPS) is 16.9. The lowest BCUT2D eigenvalue weighted by Gasteiger charge is -2.41. The zero-order valence-corrected chi connectivity index (χ0v) is 27.3. The molecule has 2 heterocycles. The fourth-order valence-corrected chi connectivity index (χ4v) is 6.55. The molecule has 1 atom stereocenters. The van der Waals surface area contributed by atoms with E-state index in [2.05, 4.69) is 58.3 Å². The Balaban J connectivity index is 1.70. The van der Waals surface area contributed by atoms with Gasteiger partial charge in [-0.05, 0) is 75.4 Å². The number of nitrogens with zero attached hydrogens (tertiary/aromatic N) is 3. The van der Waals surface area contributed by atoms with Gasteiger partial charge in [-0.25, -0.2) is 9.78 Å². The number of likely N-dealkylation sites (tertiary alicyclic amines) is 1. The molecule has 1 amide bonds. The lowest BCUT2D eigenvalue weighted by molar-refractivity contribution is 0.0169. The number of halogens is 2. The second-order valence-corrected chi connectivity index (χ2v) is 19.8. The van der Waals surface area contributed by atoms with E-state index in [4.69, 9.17) is 26.1 Å². The molecule has 1 fully saturated rings. The summed E-state index contributed by atoms with van der Waals surface area (Å²) in [7, 11) is -1.22. The summed E-state index contributed by atoms with van der Waals surface area (Å²) < 4.78 is 15.0. The summed E-state index contributed by atoms with van der Waals surface area (Å²) in [6, 6.07) is 17.4. The Labute approximate surface area is 247 Å². The molecule has 1 aliphatic heterocycles. The summed E-state index contributed by atoms with van der Waals surface area (Å²) in [6.45, 7) is 15.0. The monoisotopic (exact) mass is 633 g/mol. The van der Waals surface area contributed by atoms with E-state index in [0.29, 0.717) is 26.4 Å². The number of imidazole rings is 1. The second-order valence-electron chi connectivity index (χ2n) is 12.7. The van der Waals surface area contributed by atoms with Crippen molar-refractivity contribution >= 4 is 52.7 Å². The molecular formula is C30H41BrClN3O3Si. The highest BCUT2D eigenvalue weighted by atomic mass is 79.9. The van der Waals surface area contributed by atoms with Crippen LogP contribution in [0.15, 0.2) is 53.0 Å². The Morgan fingerprint density at radius 2 is 1.72 bits per heavy atom. The fourth-order valence-electron chi connectivity index (χ4n) is 5.04. The van der Waals surface area contributed by atoms with Gasteiger partial charge in [-0.15, -0.1) is 11.6 Å². The van der Waals surface area contributed by atoms with Crippen molar-refractivity contribution in [3.05, 3.63) is 64.4 Å². The summed E-state index contributed by atoms with van der Waals surface area (Å²) in [6.07, 6.45) is 1.20. The van der Waals surface area contributed by atoms with Gasteiger partial charge < -0.3 is 18.9 Å². The molecule has 0 spiro atoms. The number of para-hydroxylation sites is 2. The number of rotatable bonds is 8. The molecule has 0 aliphatic carbocycles. The van der Waals surface area contributed by atoms with Gasteiger partial charge in [-0.3, -0.25) is 0 Å². The number of amides is 1. The Morgan fingerprint density at radius 1 is 1.08 bits per heavy atom. The minimum atomic E-state index is -1.22. The van der Waals surface area contributed by atoms with Crippen LogP contribution in [0.4, 0.5) is 4.79 Å². The summed E-state index contributed by atoms with van der Waals surface area (Å²) in [4.78, 5) is 18.8. The van der Waals surface area contributed by atoms with Gasteiger partial charge in [0.15, 0.2) is 0 Å². The van der Waals surface area contributed by atoms with Crippen LogP contribution in [0.1, 0.15) is 45.0 Å². The first-order valence-electron chi connectivity index (χ1n) is 13.7. The van der Waals surface area contributed by atoms with Crippen LogP contribution in [0.2, 0.25) is 25.7 Å². The van der Waals surface area contributed by atoms with Gasteiger partial charge in [-0.2, -0.15) is 0 Å². The third-order valence-corrected chi connectivity index (χ3v) is 10.1. The van der Waals surface area contributed by atoms with E-state index in [1.54, 1.807) is 4.90 Å². The van der Waals surface area contributed by atoms with Crippen molar-refractivity contribution in [1.29, 1.82) is 0 Å². The van der Waals surface area contributed by atoms with Crippen molar-refractivity contribution in [3.63, 3.8) is 0 Å². The zero-order chi connectivity index (χ0) is 28.4. The molecule has 1 aromatic heterocycles. The van der Waals surface area contributed by atoms with Crippen molar-refractivity contribution in [1.82, 2.24) is 14.5 Å². The molecule has 212 valence electrons. The van der Waals surface area contributed by atoms with Crippen LogP contribution in [-0.4, -0.2) is 53.9 Å². The van der Waals surface area contributed by atoms with E-state index in [1.165, 1.54) is 0 Å². The van der Waals surface area contributed by atoms with Gasteiger partial charge in [0.2, 0.25) is 0 Å². The largest absolute Gasteiger partial charge is 0.444 e. The molecule has 39 heavy (non-hydrogen) atoms. The summed E-state index contributed by atoms with van der Waals surface area (Å²) in [5, 5.41) is 0. The van der Waals surface area contributed by atoms with Crippen molar-refractivity contribution in [3.8, 4) is 0 Å². The average Bonchev–Trinajstić information content (AvgIpc) is 3.24. The second kappa shape index (κ2) is 11.9. The number of hydrogen-bond donors (Lipinski definition) is 0. The highest BCUT2D eigenvalue weighted by molar-refractivity contribution is 9.10. The van der Waals surface area contributed by atoms with Crippen LogP contribution in [0.5, 0.6) is 0 Å². The highest BCUT2D eigenvalue weighted by Gasteiger charge is 2.46. The number of ether oxygens (including phenoxy) is 2. The molecule has 0 bridgehead atoms. The zero-order valence-electron chi connectivity index (χ0n) is 24.0.